The normalized spacial score (nSPS) is 14.2. The molecule has 3 atom stereocenters. The van der Waals surface area contributed by atoms with Crippen LogP contribution in [0.15, 0.2) is 122 Å². The Morgan fingerprint density at radius 1 is 0.382 bits per heavy atom. The van der Waals surface area contributed by atoms with Crippen molar-refractivity contribution in [1.82, 2.24) is 0 Å². The van der Waals surface area contributed by atoms with Crippen LogP contribution in [0.4, 0.5) is 0 Å². The van der Waals surface area contributed by atoms with Crippen molar-refractivity contribution >= 4 is 25.7 Å². The van der Waals surface area contributed by atoms with Crippen molar-refractivity contribution < 1.29 is 52.2 Å². The Hall–Kier alpha value is -4.12. The number of phosphoric ester groups is 1. The number of aliphatic hydroxyl groups is 1. The lowest BCUT2D eigenvalue weighted by Crippen LogP contribution is -2.30. The minimum atomic E-state index is -4.78. The van der Waals surface area contributed by atoms with E-state index < -0.39 is 57.8 Å². The first kappa shape index (κ1) is 71.9. The zero-order valence-electron chi connectivity index (χ0n) is 47.7. The number of carbonyl (C=O) groups excluding carboxylic acids is 3. The molecule has 0 bridgehead atoms. The average molecular weight is 1080 g/mol. The maximum Gasteiger partial charge on any atom is 0.472 e. The fourth-order valence-electron chi connectivity index (χ4n) is 7.45. The molecule has 3 unspecified atom stereocenters. The van der Waals surface area contributed by atoms with Gasteiger partial charge in [0.2, 0.25) is 0 Å². The number of aliphatic hydroxyl groups excluding tert-OH is 1. The van der Waals surface area contributed by atoms with Crippen LogP contribution in [-0.4, -0.2) is 66.5 Å². The summed E-state index contributed by atoms with van der Waals surface area (Å²) in [5, 5.41) is 9.80. The van der Waals surface area contributed by atoms with Crippen molar-refractivity contribution in [2.75, 3.05) is 26.4 Å². The van der Waals surface area contributed by atoms with Crippen molar-refractivity contribution in [3.8, 4) is 0 Å². The molecule has 0 rings (SSSR count). The standard InChI is InChI=1S/C64H105O11P/c1-4-7-10-13-16-19-22-25-27-29-30-32-33-36-38-41-44-47-50-53-62(66)71-57-61(75-64(68)55-52-49-46-43-40-37-34-31-28-26-23-20-17-14-11-8-5-2)59-73-76(69,70)72-58-60(56-65)74-63(67)54-51-48-45-42-39-35-24-21-18-15-12-9-6-3/h8-9,11-12,16-21,25-28,34-35,37,39,45,48,60-61,65H,4-7,10,13-15,22-24,29-33,36,38,40-44,46-47,49-59H2,1-3H3,(H,69,70)/b11-8-,12-9-,19-16-,20-17-,21-18-,27-25-,28-26-,37-34-,39-35-,48-45-. The molecule has 2 N–H and O–H groups in total. The van der Waals surface area contributed by atoms with Crippen LogP contribution in [0.2, 0.25) is 0 Å². The third-order valence-electron chi connectivity index (χ3n) is 11.9. The minimum Gasteiger partial charge on any atom is -0.462 e. The van der Waals surface area contributed by atoms with Crippen molar-refractivity contribution in [1.29, 1.82) is 0 Å². The Kier molecular flexibility index (Phi) is 54.0. The van der Waals surface area contributed by atoms with Gasteiger partial charge in [-0.2, -0.15) is 0 Å². The number of ether oxygens (including phenoxy) is 3. The van der Waals surface area contributed by atoms with E-state index >= 15 is 0 Å². The highest BCUT2D eigenvalue weighted by Gasteiger charge is 2.28. The second-order valence-electron chi connectivity index (χ2n) is 19.0. The maximum atomic E-state index is 12.9. The Labute approximate surface area is 462 Å². The number of hydrogen-bond acceptors (Lipinski definition) is 10. The molecular formula is C64H105O11P. The molecule has 76 heavy (non-hydrogen) atoms. The van der Waals surface area contributed by atoms with E-state index in [1.54, 1.807) is 0 Å². The van der Waals surface area contributed by atoms with Gasteiger partial charge in [-0.3, -0.25) is 23.4 Å². The third-order valence-corrected chi connectivity index (χ3v) is 12.8. The second kappa shape index (κ2) is 57.1. The van der Waals surface area contributed by atoms with E-state index in [9.17, 15) is 28.9 Å². The monoisotopic (exact) mass is 1080 g/mol. The van der Waals surface area contributed by atoms with Crippen LogP contribution in [0.3, 0.4) is 0 Å². The third kappa shape index (κ3) is 54.7. The lowest BCUT2D eigenvalue weighted by atomic mass is 10.1. The van der Waals surface area contributed by atoms with Crippen molar-refractivity contribution in [2.24, 2.45) is 0 Å². The summed E-state index contributed by atoms with van der Waals surface area (Å²) >= 11 is 0. The zero-order valence-corrected chi connectivity index (χ0v) is 48.6. The molecule has 0 aromatic heterocycles. The van der Waals surface area contributed by atoms with Crippen LogP contribution in [0.5, 0.6) is 0 Å². The van der Waals surface area contributed by atoms with Crippen LogP contribution in [0, 0.1) is 0 Å². The van der Waals surface area contributed by atoms with Gasteiger partial charge < -0.3 is 24.2 Å². The number of esters is 3. The molecule has 11 nitrogen and oxygen atoms in total. The fourth-order valence-corrected chi connectivity index (χ4v) is 8.23. The van der Waals surface area contributed by atoms with E-state index in [4.69, 9.17) is 23.3 Å². The highest BCUT2D eigenvalue weighted by Crippen LogP contribution is 2.43. The van der Waals surface area contributed by atoms with E-state index in [0.29, 0.717) is 19.3 Å². The fraction of sp³-hybridized carbons (Fsp3) is 0.641. The molecule has 0 aliphatic carbocycles. The minimum absolute atomic E-state index is 0.0482. The molecule has 0 spiro atoms. The van der Waals surface area contributed by atoms with Gasteiger partial charge in [0.15, 0.2) is 6.10 Å². The zero-order chi connectivity index (χ0) is 55.5. The molecule has 0 aliphatic heterocycles. The van der Waals surface area contributed by atoms with E-state index in [1.165, 1.54) is 57.8 Å². The molecule has 0 heterocycles. The second-order valence-corrected chi connectivity index (χ2v) is 20.5. The molecule has 0 amide bonds. The Morgan fingerprint density at radius 2 is 0.711 bits per heavy atom. The largest absolute Gasteiger partial charge is 0.472 e. The topological polar surface area (TPSA) is 155 Å². The van der Waals surface area contributed by atoms with E-state index in [-0.39, 0.29) is 25.9 Å². The van der Waals surface area contributed by atoms with Crippen LogP contribution >= 0.6 is 7.82 Å². The van der Waals surface area contributed by atoms with Gasteiger partial charge in [0.25, 0.3) is 0 Å². The summed E-state index contributed by atoms with van der Waals surface area (Å²) in [5.41, 5.74) is 0. The molecule has 0 aromatic carbocycles. The first-order valence-electron chi connectivity index (χ1n) is 29.4. The first-order chi connectivity index (χ1) is 37.2. The van der Waals surface area contributed by atoms with Gasteiger partial charge in [0.1, 0.15) is 12.7 Å². The van der Waals surface area contributed by atoms with Crippen molar-refractivity contribution in [2.45, 2.75) is 238 Å². The van der Waals surface area contributed by atoms with Crippen LogP contribution < -0.4 is 0 Å². The summed E-state index contributed by atoms with van der Waals surface area (Å²) in [6.07, 6.45) is 70.3. The molecule has 0 aliphatic rings. The highest BCUT2D eigenvalue weighted by atomic mass is 31.2. The average Bonchev–Trinajstić information content (AvgIpc) is 3.41. The summed E-state index contributed by atoms with van der Waals surface area (Å²) in [7, 11) is -4.78. The van der Waals surface area contributed by atoms with Gasteiger partial charge in [0, 0.05) is 19.3 Å². The summed E-state index contributed by atoms with van der Waals surface area (Å²) < 4.78 is 39.4. The van der Waals surface area contributed by atoms with Crippen LogP contribution in [-0.2, 0) is 42.2 Å². The lowest BCUT2D eigenvalue weighted by Gasteiger charge is -2.21. The SMILES string of the molecule is CC/C=C\C/C=C\C/C=C\C/C=C\CCCCCCC(=O)OC(COC(=O)CCCCCCCCCCC/C=C\C/C=C\CCCCC)COP(=O)(O)OCC(CO)OC(=O)CC/C=C\C/C=C\C/C=C\C/C=C\CC. The predicted molar refractivity (Wildman–Crippen MR) is 316 cm³/mol. The summed E-state index contributed by atoms with van der Waals surface area (Å²) in [5.74, 6) is -1.59. The van der Waals surface area contributed by atoms with E-state index in [2.05, 4.69) is 124 Å². The molecule has 12 heteroatoms. The number of phosphoric acid groups is 1. The summed E-state index contributed by atoms with van der Waals surface area (Å²) in [4.78, 5) is 48.5. The Balaban J connectivity index is 4.83. The quantitative estimate of drug-likeness (QED) is 0.0197. The highest BCUT2D eigenvalue weighted by molar-refractivity contribution is 7.47. The number of hydrogen-bond donors (Lipinski definition) is 2. The molecular weight excluding hydrogens is 976 g/mol. The number of carbonyl (C=O) groups is 3. The van der Waals surface area contributed by atoms with Crippen LogP contribution in [0.25, 0.3) is 0 Å². The molecule has 0 aromatic rings. The smallest absolute Gasteiger partial charge is 0.462 e. The molecule has 0 fully saturated rings. The van der Waals surface area contributed by atoms with Gasteiger partial charge in [-0.05, 0) is 116 Å². The van der Waals surface area contributed by atoms with Crippen molar-refractivity contribution in [3.05, 3.63) is 122 Å². The number of allylic oxidation sites excluding steroid dienone is 20. The van der Waals surface area contributed by atoms with Gasteiger partial charge in [-0.15, -0.1) is 0 Å². The van der Waals surface area contributed by atoms with Gasteiger partial charge in [-0.1, -0.05) is 213 Å². The summed E-state index contributed by atoms with van der Waals surface area (Å²) in [6.45, 7) is 4.27. The van der Waals surface area contributed by atoms with Crippen LogP contribution in [0.1, 0.15) is 226 Å². The summed E-state index contributed by atoms with van der Waals surface area (Å²) in [6, 6.07) is 0. The lowest BCUT2D eigenvalue weighted by molar-refractivity contribution is -0.161. The van der Waals surface area contributed by atoms with Gasteiger partial charge in [0.05, 0.1) is 19.8 Å². The van der Waals surface area contributed by atoms with E-state index in [0.717, 1.165) is 109 Å². The van der Waals surface area contributed by atoms with Gasteiger partial charge >= 0.3 is 25.7 Å². The number of unbranched alkanes of at least 4 members (excludes halogenated alkanes) is 16. The Bertz CT molecular complexity index is 1740. The maximum absolute atomic E-state index is 12.9. The van der Waals surface area contributed by atoms with Crippen molar-refractivity contribution in [3.63, 3.8) is 0 Å². The molecule has 432 valence electrons. The Morgan fingerprint density at radius 3 is 1.13 bits per heavy atom. The predicted octanol–water partition coefficient (Wildman–Crippen LogP) is 17.6. The van der Waals surface area contributed by atoms with E-state index in [1.807, 2.05) is 18.2 Å². The molecule has 0 saturated heterocycles. The molecule has 0 radical (unpaired) electrons. The van der Waals surface area contributed by atoms with Gasteiger partial charge in [-0.25, -0.2) is 4.57 Å². The first-order valence-corrected chi connectivity index (χ1v) is 30.9. The number of rotatable bonds is 53. The molecule has 0 saturated carbocycles.